The van der Waals surface area contributed by atoms with E-state index in [2.05, 4.69) is 26.1 Å². The third-order valence-corrected chi connectivity index (χ3v) is 7.23. The number of piperidine rings is 1. The van der Waals surface area contributed by atoms with E-state index in [4.69, 9.17) is 4.74 Å². The summed E-state index contributed by atoms with van der Waals surface area (Å²) in [5.74, 6) is -0.720. The first-order chi connectivity index (χ1) is 14.8. The summed E-state index contributed by atoms with van der Waals surface area (Å²) in [6.07, 6.45) is 3.54. The van der Waals surface area contributed by atoms with Crippen LogP contribution in [0.25, 0.3) is 0 Å². The van der Waals surface area contributed by atoms with Crippen LogP contribution in [0.4, 0.5) is 4.39 Å². The molecule has 1 atom stereocenters. The van der Waals surface area contributed by atoms with E-state index in [0.717, 1.165) is 18.4 Å². The summed E-state index contributed by atoms with van der Waals surface area (Å²) in [6, 6.07) is 5.16. The van der Waals surface area contributed by atoms with Crippen LogP contribution in [-0.2, 0) is 25.5 Å². The Morgan fingerprint density at radius 2 is 1.77 bits per heavy atom. The number of esters is 1. The Bertz CT molecular complexity index is 753. The highest BCUT2D eigenvalue weighted by Gasteiger charge is 2.54. The summed E-state index contributed by atoms with van der Waals surface area (Å²) >= 11 is 0. The summed E-state index contributed by atoms with van der Waals surface area (Å²) < 4.78 is 18.7. The molecular formula is C24H35FN2O4. The highest BCUT2D eigenvalue weighted by atomic mass is 19.1. The highest BCUT2D eigenvalue weighted by molar-refractivity contribution is 5.85. The number of carbonyl (C=O) groups excluding carboxylic acids is 3. The summed E-state index contributed by atoms with van der Waals surface area (Å²) in [5, 5.41) is 2.60. The lowest BCUT2D eigenvalue weighted by molar-refractivity contribution is -0.172. The number of likely N-dealkylation sites (tertiary alicyclic amines) is 1. The predicted molar refractivity (Wildman–Crippen MR) is 117 cm³/mol. The quantitative estimate of drug-likeness (QED) is 0.452. The molecule has 1 aromatic carbocycles. The lowest BCUT2D eigenvalue weighted by Gasteiger charge is -2.50. The summed E-state index contributed by atoms with van der Waals surface area (Å²) in [7, 11) is 0. The molecule has 1 aliphatic heterocycles. The third kappa shape index (κ3) is 5.25. The van der Waals surface area contributed by atoms with Crippen LogP contribution in [0, 0.1) is 16.6 Å². The van der Waals surface area contributed by atoms with Gasteiger partial charge in [-0.25, -0.2) is 4.39 Å². The van der Waals surface area contributed by atoms with Crippen molar-refractivity contribution in [3.8, 4) is 0 Å². The predicted octanol–water partition coefficient (Wildman–Crippen LogP) is 3.48. The molecule has 0 aliphatic carbocycles. The normalized spacial score (nSPS) is 17.0. The zero-order chi connectivity index (χ0) is 23.1. The molecule has 0 saturated carbocycles. The number of nitrogens with one attached hydrogen (secondary N) is 1. The van der Waals surface area contributed by atoms with E-state index in [0.29, 0.717) is 38.9 Å². The lowest BCUT2D eigenvalue weighted by atomic mass is 9.57. The first-order valence-corrected chi connectivity index (χ1v) is 11.2. The van der Waals surface area contributed by atoms with Crippen molar-refractivity contribution < 1.29 is 23.5 Å². The van der Waals surface area contributed by atoms with Crippen LogP contribution in [0.5, 0.6) is 0 Å². The molecule has 1 heterocycles. The van der Waals surface area contributed by atoms with Gasteiger partial charge in [-0.05, 0) is 55.7 Å². The standard InChI is InChI=1S/C24H35FN2O4/c1-5-23(4,6-2)24(22(30)31-7-3)12-14-27(15-13-24)21(29)20(26-17-28)16-18-8-10-19(25)11-9-18/h8-11,17,20H,5-7,12-16H2,1-4H3,(H,26,28)/t20-/m1/s1. The molecule has 6 nitrogen and oxygen atoms in total. The SMILES string of the molecule is CCOC(=O)C1(C(C)(CC)CC)CCN(C(=O)[C@@H](Cc2ccc(F)cc2)NC=O)CC1. The number of hydrogen-bond donors (Lipinski definition) is 1. The van der Waals surface area contributed by atoms with Gasteiger partial charge in [0.2, 0.25) is 12.3 Å². The van der Waals surface area contributed by atoms with Crippen molar-refractivity contribution >= 4 is 18.3 Å². The molecule has 1 saturated heterocycles. The monoisotopic (exact) mass is 434 g/mol. The molecule has 0 radical (unpaired) electrons. The fourth-order valence-corrected chi connectivity index (χ4v) is 4.74. The van der Waals surface area contributed by atoms with Gasteiger partial charge in [-0.3, -0.25) is 14.4 Å². The summed E-state index contributed by atoms with van der Waals surface area (Å²) in [5.41, 5.74) is -0.0897. The molecule has 1 aromatic rings. The maximum atomic E-state index is 13.2. The van der Waals surface area contributed by atoms with Crippen molar-refractivity contribution in [2.45, 2.75) is 65.8 Å². The molecular weight excluding hydrogens is 399 g/mol. The minimum absolute atomic E-state index is 0.179. The van der Waals surface area contributed by atoms with Gasteiger partial charge in [0.1, 0.15) is 11.9 Å². The Hall–Kier alpha value is -2.44. The van der Waals surface area contributed by atoms with E-state index in [1.54, 1.807) is 17.0 Å². The minimum atomic E-state index is -0.734. The Morgan fingerprint density at radius 1 is 1.19 bits per heavy atom. The average molecular weight is 435 g/mol. The van der Waals surface area contributed by atoms with Crippen LogP contribution in [0.3, 0.4) is 0 Å². The first kappa shape index (κ1) is 24.8. The Balaban J connectivity index is 2.18. The fraction of sp³-hybridized carbons (Fsp3) is 0.625. The molecule has 0 aromatic heterocycles. The van der Waals surface area contributed by atoms with E-state index >= 15 is 0 Å². The van der Waals surface area contributed by atoms with E-state index in [1.807, 2.05) is 6.92 Å². The van der Waals surface area contributed by atoms with Crippen LogP contribution in [0.15, 0.2) is 24.3 Å². The molecule has 0 bridgehead atoms. The van der Waals surface area contributed by atoms with Crippen molar-refractivity contribution in [3.63, 3.8) is 0 Å². The number of hydrogen-bond acceptors (Lipinski definition) is 4. The smallest absolute Gasteiger partial charge is 0.312 e. The maximum absolute atomic E-state index is 13.2. The second-order valence-corrected chi connectivity index (χ2v) is 8.56. The number of rotatable bonds is 10. The topological polar surface area (TPSA) is 75.7 Å². The molecule has 0 unspecified atom stereocenters. The fourth-order valence-electron chi connectivity index (χ4n) is 4.74. The van der Waals surface area contributed by atoms with Gasteiger partial charge in [-0.2, -0.15) is 0 Å². The van der Waals surface area contributed by atoms with Gasteiger partial charge in [0.15, 0.2) is 0 Å². The Labute approximate surface area is 184 Å². The number of ether oxygens (including phenoxy) is 1. The number of amides is 2. The molecule has 1 fully saturated rings. The van der Waals surface area contributed by atoms with Gasteiger partial charge >= 0.3 is 5.97 Å². The van der Waals surface area contributed by atoms with Gasteiger partial charge in [0.25, 0.3) is 0 Å². The van der Waals surface area contributed by atoms with Crippen LogP contribution in [0.1, 0.15) is 58.9 Å². The number of nitrogens with zero attached hydrogens (tertiary/aromatic N) is 1. The Morgan fingerprint density at radius 3 is 2.26 bits per heavy atom. The third-order valence-electron chi connectivity index (χ3n) is 7.23. The second kappa shape index (κ2) is 10.7. The molecule has 7 heteroatoms. The molecule has 172 valence electrons. The van der Waals surface area contributed by atoms with E-state index in [-0.39, 0.29) is 29.5 Å². The van der Waals surface area contributed by atoms with Gasteiger partial charge in [-0.1, -0.05) is 32.9 Å². The van der Waals surface area contributed by atoms with Crippen molar-refractivity contribution in [2.24, 2.45) is 10.8 Å². The minimum Gasteiger partial charge on any atom is -0.466 e. The van der Waals surface area contributed by atoms with Crippen molar-refractivity contribution in [2.75, 3.05) is 19.7 Å². The molecule has 0 spiro atoms. The van der Waals surface area contributed by atoms with E-state index < -0.39 is 11.5 Å². The lowest BCUT2D eigenvalue weighted by Crippen LogP contribution is -2.57. The summed E-state index contributed by atoms with van der Waals surface area (Å²) in [6.45, 7) is 9.30. The zero-order valence-electron chi connectivity index (χ0n) is 19.1. The molecule has 31 heavy (non-hydrogen) atoms. The Kier molecular flexibility index (Phi) is 8.60. The first-order valence-electron chi connectivity index (χ1n) is 11.2. The van der Waals surface area contributed by atoms with Crippen LogP contribution in [0.2, 0.25) is 0 Å². The number of carbonyl (C=O) groups is 3. The van der Waals surface area contributed by atoms with Gasteiger partial charge in [0, 0.05) is 19.5 Å². The van der Waals surface area contributed by atoms with E-state index in [9.17, 15) is 18.8 Å². The van der Waals surface area contributed by atoms with Gasteiger partial charge in [-0.15, -0.1) is 0 Å². The van der Waals surface area contributed by atoms with Crippen molar-refractivity contribution in [1.82, 2.24) is 10.2 Å². The molecule has 2 amide bonds. The zero-order valence-corrected chi connectivity index (χ0v) is 19.1. The highest BCUT2D eigenvalue weighted by Crippen LogP contribution is 2.52. The average Bonchev–Trinajstić information content (AvgIpc) is 2.79. The van der Waals surface area contributed by atoms with Crippen molar-refractivity contribution in [1.29, 1.82) is 0 Å². The van der Waals surface area contributed by atoms with Crippen LogP contribution >= 0.6 is 0 Å². The number of benzene rings is 1. The van der Waals surface area contributed by atoms with Crippen LogP contribution < -0.4 is 5.32 Å². The van der Waals surface area contributed by atoms with E-state index in [1.165, 1.54) is 12.1 Å². The summed E-state index contributed by atoms with van der Waals surface area (Å²) in [4.78, 5) is 39.1. The molecule has 2 rings (SSSR count). The largest absolute Gasteiger partial charge is 0.466 e. The molecule has 1 N–H and O–H groups in total. The van der Waals surface area contributed by atoms with Crippen molar-refractivity contribution in [3.05, 3.63) is 35.6 Å². The number of halogens is 1. The van der Waals surface area contributed by atoms with Crippen LogP contribution in [-0.4, -0.2) is 48.9 Å². The van der Waals surface area contributed by atoms with Gasteiger partial charge in [0.05, 0.1) is 12.0 Å². The van der Waals surface area contributed by atoms with Gasteiger partial charge < -0.3 is 15.0 Å². The second-order valence-electron chi connectivity index (χ2n) is 8.56. The maximum Gasteiger partial charge on any atom is 0.312 e. The molecule has 1 aliphatic rings.